The minimum absolute atomic E-state index is 0.670. The van der Waals surface area contributed by atoms with E-state index in [-0.39, 0.29) is 0 Å². The summed E-state index contributed by atoms with van der Waals surface area (Å²) in [5, 5.41) is 0. The Morgan fingerprint density at radius 3 is 2.09 bits per heavy atom. The van der Waals surface area contributed by atoms with Crippen LogP contribution >= 0.6 is 0 Å². The molecule has 0 unspecified atom stereocenters. The zero-order valence-corrected chi connectivity index (χ0v) is 7.06. The number of benzene rings is 1. The molecule has 1 aromatic rings. The molecule has 0 aliphatic carbocycles. The fourth-order valence-electron chi connectivity index (χ4n) is 1.46. The summed E-state index contributed by atoms with van der Waals surface area (Å²) >= 11 is 0. The Hall–Kier alpha value is -0.760. The van der Waals surface area contributed by atoms with Crippen molar-refractivity contribution in [3.8, 4) is 0 Å². The van der Waals surface area contributed by atoms with Crippen LogP contribution in [-0.4, -0.2) is 10.1 Å². The van der Waals surface area contributed by atoms with Crippen molar-refractivity contribution in [2.45, 2.75) is 11.5 Å². The van der Waals surface area contributed by atoms with Gasteiger partial charge in [0, 0.05) is 11.5 Å². The van der Waals surface area contributed by atoms with Crippen LogP contribution in [0.4, 0.5) is 0 Å². The van der Waals surface area contributed by atoms with E-state index < -0.39 is 9.52 Å². The molecular formula is C9H10OS. The van der Waals surface area contributed by atoms with E-state index in [2.05, 4.69) is 5.87 Å². The minimum atomic E-state index is -1.81. The van der Waals surface area contributed by atoms with E-state index in [1.165, 1.54) is 11.1 Å². The van der Waals surface area contributed by atoms with E-state index in [9.17, 15) is 4.21 Å². The highest BCUT2D eigenvalue weighted by Crippen LogP contribution is 2.23. The zero-order valence-electron chi connectivity index (χ0n) is 6.25. The van der Waals surface area contributed by atoms with E-state index in [1.54, 1.807) is 0 Å². The van der Waals surface area contributed by atoms with E-state index in [0.717, 1.165) is 0 Å². The minimum Gasteiger partial charge on any atom is -0.267 e. The molecule has 0 spiro atoms. The first-order valence-corrected chi connectivity index (χ1v) is 5.63. The van der Waals surface area contributed by atoms with Crippen LogP contribution in [0.25, 0.3) is 0 Å². The highest BCUT2D eigenvalue weighted by atomic mass is 32.2. The number of rotatable bonds is 0. The molecule has 1 aromatic carbocycles. The molecule has 1 aliphatic rings. The number of hydrogen-bond acceptors (Lipinski definition) is 1. The van der Waals surface area contributed by atoms with Crippen LogP contribution in [0.3, 0.4) is 0 Å². The summed E-state index contributed by atoms with van der Waals surface area (Å²) in [6.45, 7) is 0. The maximum Gasteiger partial charge on any atom is 0.0416 e. The number of hydrogen-bond donors (Lipinski definition) is 0. The van der Waals surface area contributed by atoms with Gasteiger partial charge < -0.3 is 0 Å². The molecule has 0 amide bonds. The Labute approximate surface area is 67.1 Å². The van der Waals surface area contributed by atoms with Crippen LogP contribution in [0.5, 0.6) is 0 Å². The third-order valence-corrected chi connectivity index (χ3v) is 3.63. The SMILES string of the molecule is C=S1(=O)Cc2ccccc2C1. The highest BCUT2D eigenvalue weighted by molar-refractivity contribution is 7.99. The van der Waals surface area contributed by atoms with Gasteiger partial charge in [-0.2, -0.15) is 0 Å². The lowest BCUT2D eigenvalue weighted by Crippen LogP contribution is -1.94. The Morgan fingerprint density at radius 1 is 1.18 bits per heavy atom. The monoisotopic (exact) mass is 166 g/mol. The van der Waals surface area contributed by atoms with Crippen molar-refractivity contribution in [1.82, 2.24) is 0 Å². The molecule has 0 saturated heterocycles. The van der Waals surface area contributed by atoms with E-state index in [0.29, 0.717) is 11.5 Å². The summed E-state index contributed by atoms with van der Waals surface area (Å²) in [6.07, 6.45) is 0. The van der Waals surface area contributed by atoms with Gasteiger partial charge in [0.05, 0.1) is 0 Å². The summed E-state index contributed by atoms with van der Waals surface area (Å²) in [5.74, 6) is 5.05. The molecule has 1 heterocycles. The molecule has 1 aliphatic heterocycles. The summed E-state index contributed by atoms with van der Waals surface area (Å²) in [5.41, 5.74) is 2.43. The molecule has 0 aromatic heterocycles. The van der Waals surface area contributed by atoms with Gasteiger partial charge in [0.1, 0.15) is 0 Å². The molecule has 0 bridgehead atoms. The van der Waals surface area contributed by atoms with Crippen molar-refractivity contribution in [2.75, 3.05) is 0 Å². The van der Waals surface area contributed by atoms with Gasteiger partial charge in [-0.05, 0) is 26.5 Å². The molecule has 11 heavy (non-hydrogen) atoms. The Bertz CT molecular complexity index is 345. The fourth-order valence-corrected chi connectivity index (χ4v) is 3.26. The van der Waals surface area contributed by atoms with Crippen LogP contribution in [-0.2, 0) is 21.0 Å². The first-order chi connectivity index (χ1) is 5.17. The van der Waals surface area contributed by atoms with Gasteiger partial charge in [-0.3, -0.25) is 4.21 Å². The van der Waals surface area contributed by atoms with Gasteiger partial charge >= 0.3 is 0 Å². The molecule has 0 radical (unpaired) electrons. The number of fused-ring (bicyclic) bond motifs is 1. The van der Waals surface area contributed by atoms with Crippen LogP contribution in [0, 0.1) is 0 Å². The third-order valence-electron chi connectivity index (χ3n) is 1.96. The Kier molecular flexibility index (Phi) is 1.33. The molecule has 0 N–H and O–H groups in total. The largest absolute Gasteiger partial charge is 0.267 e. The fraction of sp³-hybridized carbons (Fsp3) is 0.222. The lowest BCUT2D eigenvalue weighted by molar-refractivity contribution is 0.682. The van der Waals surface area contributed by atoms with Gasteiger partial charge in [-0.25, -0.2) is 0 Å². The first-order valence-electron chi connectivity index (χ1n) is 3.57. The molecule has 0 saturated carbocycles. The third kappa shape index (κ3) is 1.18. The normalized spacial score (nSPS) is 19.6. The maximum atomic E-state index is 11.5. The van der Waals surface area contributed by atoms with Crippen molar-refractivity contribution in [3.63, 3.8) is 0 Å². The van der Waals surface area contributed by atoms with E-state index in [4.69, 9.17) is 0 Å². The second-order valence-electron chi connectivity index (χ2n) is 3.02. The van der Waals surface area contributed by atoms with Gasteiger partial charge in [0.2, 0.25) is 0 Å². The van der Waals surface area contributed by atoms with Crippen LogP contribution in [0.2, 0.25) is 0 Å². The second kappa shape index (κ2) is 2.11. The van der Waals surface area contributed by atoms with Gasteiger partial charge in [0.15, 0.2) is 0 Å². The topological polar surface area (TPSA) is 17.1 Å². The van der Waals surface area contributed by atoms with E-state index in [1.807, 2.05) is 24.3 Å². The molecule has 2 rings (SSSR count). The molecule has 0 fully saturated rings. The molecule has 0 atom stereocenters. The maximum absolute atomic E-state index is 11.5. The van der Waals surface area contributed by atoms with Gasteiger partial charge in [0.25, 0.3) is 0 Å². The van der Waals surface area contributed by atoms with Crippen molar-refractivity contribution < 1.29 is 4.21 Å². The predicted molar refractivity (Wildman–Crippen MR) is 49.1 cm³/mol. The lowest BCUT2D eigenvalue weighted by atomic mass is 10.1. The van der Waals surface area contributed by atoms with Gasteiger partial charge in [-0.1, -0.05) is 24.3 Å². The molecule has 58 valence electrons. The molecule has 1 nitrogen and oxygen atoms in total. The Morgan fingerprint density at radius 2 is 1.64 bits per heavy atom. The Balaban J connectivity index is 2.57. The van der Waals surface area contributed by atoms with Crippen molar-refractivity contribution >= 4 is 15.4 Å². The average molecular weight is 166 g/mol. The average Bonchev–Trinajstić information content (AvgIpc) is 2.21. The van der Waals surface area contributed by atoms with Crippen molar-refractivity contribution in [3.05, 3.63) is 35.4 Å². The smallest absolute Gasteiger partial charge is 0.0416 e. The zero-order chi connectivity index (χ0) is 7.90. The summed E-state index contributed by atoms with van der Waals surface area (Å²) < 4.78 is 11.5. The van der Waals surface area contributed by atoms with Gasteiger partial charge in [-0.15, -0.1) is 0 Å². The quantitative estimate of drug-likeness (QED) is 0.533. The van der Waals surface area contributed by atoms with E-state index >= 15 is 0 Å². The van der Waals surface area contributed by atoms with Crippen LogP contribution in [0.15, 0.2) is 24.3 Å². The standard InChI is InChI=1S/C9H10OS/c1-11(10)6-8-4-2-3-5-9(8)7-11/h2-5H,1,6-7H2. The highest BCUT2D eigenvalue weighted by Gasteiger charge is 2.18. The second-order valence-corrected chi connectivity index (χ2v) is 5.53. The van der Waals surface area contributed by atoms with Crippen molar-refractivity contribution in [1.29, 1.82) is 0 Å². The summed E-state index contributed by atoms with van der Waals surface area (Å²) in [7, 11) is -1.81. The molecule has 2 heteroatoms. The lowest BCUT2D eigenvalue weighted by Gasteiger charge is -1.91. The van der Waals surface area contributed by atoms with Crippen LogP contribution in [0.1, 0.15) is 11.1 Å². The molecular weight excluding hydrogens is 156 g/mol. The summed E-state index contributed by atoms with van der Waals surface area (Å²) in [4.78, 5) is 0. The van der Waals surface area contributed by atoms with Crippen LogP contribution < -0.4 is 0 Å². The first kappa shape index (κ1) is 6.92. The predicted octanol–water partition coefficient (Wildman–Crippen LogP) is 1.42. The van der Waals surface area contributed by atoms with Crippen molar-refractivity contribution in [2.24, 2.45) is 0 Å². The summed E-state index contributed by atoms with van der Waals surface area (Å²) in [6, 6.07) is 8.04.